The second kappa shape index (κ2) is 6.72. The van der Waals surface area contributed by atoms with E-state index in [1.807, 2.05) is 31.2 Å². The van der Waals surface area contributed by atoms with Gasteiger partial charge in [0.1, 0.15) is 5.69 Å². The Hall–Kier alpha value is -2.99. The van der Waals surface area contributed by atoms with Gasteiger partial charge in [0.25, 0.3) is 0 Å². The molecule has 1 aromatic carbocycles. The Bertz CT molecular complexity index is 1060. The van der Waals surface area contributed by atoms with E-state index < -0.39 is 5.82 Å². The molecule has 0 aliphatic carbocycles. The highest BCUT2D eigenvalue weighted by molar-refractivity contribution is 6.33. The molecule has 0 bridgehead atoms. The molecule has 0 amide bonds. The lowest BCUT2D eigenvalue weighted by Gasteiger charge is -2.14. The molecule has 129 valence electrons. The Kier molecular flexibility index (Phi) is 4.26. The largest absolute Gasteiger partial charge is 0.348 e. The normalized spacial score (nSPS) is 12.3. The molecule has 1 atom stereocenters. The zero-order valence-electron chi connectivity index (χ0n) is 13.8. The molecule has 0 aliphatic rings. The number of nitrogens with one attached hydrogen (secondary N) is 1. The fraction of sp³-hybridized carbons (Fsp3) is 0.105. The fourth-order valence-corrected chi connectivity index (χ4v) is 2.95. The quantitative estimate of drug-likeness (QED) is 0.575. The number of imidazole rings is 1. The Morgan fingerprint density at radius 1 is 1.19 bits per heavy atom. The van der Waals surface area contributed by atoms with Gasteiger partial charge < -0.3 is 5.32 Å². The molecule has 4 rings (SSSR count). The molecule has 26 heavy (non-hydrogen) atoms. The van der Waals surface area contributed by atoms with Crippen LogP contribution in [0.2, 0.25) is 5.02 Å². The molecule has 1 radical (unpaired) electrons. The highest BCUT2D eigenvalue weighted by Gasteiger charge is 2.16. The van der Waals surface area contributed by atoms with Gasteiger partial charge >= 0.3 is 0 Å². The van der Waals surface area contributed by atoms with Gasteiger partial charge in [-0.15, -0.1) is 0 Å². The number of halogens is 2. The highest BCUT2D eigenvalue weighted by atomic mass is 35.5. The molecular formula is C19H14ClFN5. The molecule has 0 aliphatic heterocycles. The van der Waals surface area contributed by atoms with E-state index in [0.29, 0.717) is 22.3 Å². The molecule has 0 spiro atoms. The molecular weight excluding hydrogens is 353 g/mol. The first-order valence-corrected chi connectivity index (χ1v) is 8.38. The SMILES string of the molecule is C[C@H](Nc1ncc(F)c(-c2cnc3c(Cl)cccn23)n1)c1cc[c]cc1. The van der Waals surface area contributed by atoms with E-state index in [4.69, 9.17) is 11.6 Å². The summed E-state index contributed by atoms with van der Waals surface area (Å²) in [6, 6.07) is 14.0. The van der Waals surface area contributed by atoms with Crippen LogP contribution in [0.5, 0.6) is 0 Å². The second-order valence-electron chi connectivity index (χ2n) is 5.78. The van der Waals surface area contributed by atoms with Crippen molar-refractivity contribution in [2.24, 2.45) is 0 Å². The van der Waals surface area contributed by atoms with Crippen molar-refractivity contribution in [1.82, 2.24) is 19.4 Å². The van der Waals surface area contributed by atoms with Crippen LogP contribution in [0.1, 0.15) is 18.5 Å². The van der Waals surface area contributed by atoms with Gasteiger partial charge in [-0.1, -0.05) is 35.9 Å². The highest BCUT2D eigenvalue weighted by Crippen LogP contribution is 2.26. The van der Waals surface area contributed by atoms with Gasteiger partial charge in [0.2, 0.25) is 5.95 Å². The molecule has 0 saturated heterocycles. The summed E-state index contributed by atoms with van der Waals surface area (Å²) >= 11 is 6.14. The maximum absolute atomic E-state index is 14.4. The van der Waals surface area contributed by atoms with Crippen LogP contribution in [0.4, 0.5) is 10.3 Å². The Labute approximate surface area is 154 Å². The summed E-state index contributed by atoms with van der Waals surface area (Å²) in [5.41, 5.74) is 2.27. The van der Waals surface area contributed by atoms with Crippen molar-refractivity contribution in [3.63, 3.8) is 0 Å². The standard InChI is InChI=1S/C19H14ClFN5/c1-12(13-6-3-2-4-7-13)24-19-23-10-15(21)17(25-19)16-11-22-18-14(20)8-5-9-26(16)18/h3-12H,1H3,(H,23,24,25)/t12-/m0/s1. The van der Waals surface area contributed by atoms with Crippen molar-refractivity contribution in [3.8, 4) is 11.4 Å². The minimum Gasteiger partial charge on any atom is -0.348 e. The third kappa shape index (κ3) is 2.99. The summed E-state index contributed by atoms with van der Waals surface area (Å²) in [6.45, 7) is 1.98. The van der Waals surface area contributed by atoms with Gasteiger partial charge in [0, 0.05) is 6.20 Å². The zero-order valence-corrected chi connectivity index (χ0v) is 14.6. The maximum atomic E-state index is 14.4. The molecule has 5 nitrogen and oxygen atoms in total. The number of pyridine rings is 1. The summed E-state index contributed by atoms with van der Waals surface area (Å²) in [5.74, 6) is -0.196. The maximum Gasteiger partial charge on any atom is 0.223 e. The zero-order chi connectivity index (χ0) is 18.1. The second-order valence-corrected chi connectivity index (χ2v) is 6.19. The Morgan fingerprint density at radius 3 is 2.81 bits per heavy atom. The summed E-state index contributed by atoms with van der Waals surface area (Å²) < 4.78 is 16.1. The number of hydrogen-bond acceptors (Lipinski definition) is 4. The molecule has 3 aromatic heterocycles. The third-order valence-corrected chi connectivity index (χ3v) is 4.36. The van der Waals surface area contributed by atoms with Crippen molar-refractivity contribution in [2.45, 2.75) is 13.0 Å². The molecule has 4 aromatic rings. The van der Waals surface area contributed by atoms with Gasteiger partial charge in [0.05, 0.1) is 29.2 Å². The number of fused-ring (bicyclic) bond motifs is 1. The van der Waals surface area contributed by atoms with E-state index in [0.717, 1.165) is 11.8 Å². The first kappa shape index (κ1) is 16.5. The van der Waals surface area contributed by atoms with Gasteiger partial charge in [-0.05, 0) is 30.7 Å². The minimum atomic E-state index is -0.528. The lowest BCUT2D eigenvalue weighted by molar-refractivity contribution is 0.617. The van der Waals surface area contributed by atoms with E-state index in [1.165, 1.54) is 0 Å². The average molecular weight is 367 g/mol. The van der Waals surface area contributed by atoms with Crippen LogP contribution < -0.4 is 5.32 Å². The number of anilines is 1. The van der Waals surface area contributed by atoms with E-state index in [1.54, 1.807) is 28.9 Å². The molecule has 3 heterocycles. The van der Waals surface area contributed by atoms with E-state index >= 15 is 0 Å². The van der Waals surface area contributed by atoms with Crippen LogP contribution in [-0.2, 0) is 0 Å². The Balaban J connectivity index is 1.71. The fourth-order valence-electron chi connectivity index (χ4n) is 2.73. The molecule has 0 unspecified atom stereocenters. The van der Waals surface area contributed by atoms with Gasteiger partial charge in [-0.25, -0.2) is 19.3 Å². The summed E-state index contributed by atoms with van der Waals surface area (Å²) in [4.78, 5) is 12.7. The van der Waals surface area contributed by atoms with Crippen molar-refractivity contribution in [3.05, 3.63) is 77.5 Å². The van der Waals surface area contributed by atoms with E-state index in [9.17, 15) is 4.39 Å². The monoisotopic (exact) mass is 366 g/mol. The lowest BCUT2D eigenvalue weighted by Crippen LogP contribution is -2.10. The van der Waals surface area contributed by atoms with Crippen molar-refractivity contribution >= 4 is 23.2 Å². The van der Waals surface area contributed by atoms with E-state index in [2.05, 4.69) is 26.3 Å². The van der Waals surface area contributed by atoms with Crippen LogP contribution in [0.25, 0.3) is 17.0 Å². The third-order valence-electron chi connectivity index (χ3n) is 4.06. The van der Waals surface area contributed by atoms with Gasteiger partial charge in [-0.2, -0.15) is 0 Å². The van der Waals surface area contributed by atoms with Crippen molar-refractivity contribution < 1.29 is 4.39 Å². The van der Waals surface area contributed by atoms with Gasteiger partial charge in [0.15, 0.2) is 11.5 Å². The van der Waals surface area contributed by atoms with E-state index in [-0.39, 0.29) is 11.7 Å². The smallest absolute Gasteiger partial charge is 0.223 e. The average Bonchev–Trinajstić information content (AvgIpc) is 3.09. The van der Waals surface area contributed by atoms with Crippen LogP contribution in [-0.4, -0.2) is 19.4 Å². The first-order valence-electron chi connectivity index (χ1n) is 8.00. The van der Waals surface area contributed by atoms with Crippen LogP contribution in [0.3, 0.4) is 0 Å². The first-order chi connectivity index (χ1) is 12.6. The number of nitrogens with zero attached hydrogens (tertiary/aromatic N) is 4. The predicted molar refractivity (Wildman–Crippen MR) is 98.5 cm³/mol. The number of hydrogen-bond donors (Lipinski definition) is 1. The number of aromatic nitrogens is 4. The number of benzene rings is 1. The van der Waals surface area contributed by atoms with Crippen LogP contribution in [0, 0.1) is 11.9 Å². The molecule has 7 heteroatoms. The predicted octanol–water partition coefficient (Wildman–Crippen LogP) is 4.56. The van der Waals surface area contributed by atoms with Crippen LogP contribution in [0.15, 0.2) is 55.0 Å². The molecule has 0 saturated carbocycles. The summed E-state index contributed by atoms with van der Waals surface area (Å²) in [7, 11) is 0. The van der Waals surface area contributed by atoms with Gasteiger partial charge in [-0.3, -0.25) is 4.40 Å². The van der Waals surface area contributed by atoms with Crippen LogP contribution >= 0.6 is 11.6 Å². The van der Waals surface area contributed by atoms with Crippen molar-refractivity contribution in [1.29, 1.82) is 0 Å². The molecule has 0 fully saturated rings. The number of rotatable bonds is 4. The Morgan fingerprint density at radius 2 is 2.00 bits per heavy atom. The molecule has 1 N–H and O–H groups in total. The lowest BCUT2D eigenvalue weighted by atomic mass is 10.1. The van der Waals surface area contributed by atoms with Crippen molar-refractivity contribution in [2.75, 3.05) is 5.32 Å². The summed E-state index contributed by atoms with van der Waals surface area (Å²) in [6.07, 6.45) is 4.47. The topological polar surface area (TPSA) is 55.1 Å². The minimum absolute atomic E-state index is 0.0421. The summed E-state index contributed by atoms with van der Waals surface area (Å²) in [5, 5.41) is 3.68.